The Morgan fingerprint density at radius 2 is 1.06 bits per heavy atom. The van der Waals surface area contributed by atoms with Crippen molar-refractivity contribution in [1.82, 2.24) is 0 Å². The second kappa shape index (κ2) is 33.9. The Balaban J connectivity index is 4.14. The molecule has 0 rings (SSSR count). The van der Waals surface area contributed by atoms with Gasteiger partial charge in [0.05, 0.1) is 6.61 Å². The van der Waals surface area contributed by atoms with Crippen molar-refractivity contribution in [3.05, 3.63) is 48.6 Å². The number of ether oxygens (including phenoxy) is 2. The average Bonchev–Trinajstić information content (AvgIpc) is 3.06. The molecule has 0 aromatic rings. The Labute approximate surface area is 287 Å². The number of hydrogen-bond donors (Lipinski definition) is 1. The van der Waals surface area contributed by atoms with Gasteiger partial charge in [0.2, 0.25) is 0 Å². The highest BCUT2D eigenvalue weighted by atomic mass is 31.2. The minimum Gasteiger partial charge on any atom is -0.462 e. The van der Waals surface area contributed by atoms with Crippen LogP contribution in [-0.2, 0) is 32.7 Å². The van der Waals surface area contributed by atoms with Crippen LogP contribution in [0.25, 0.3) is 0 Å². The van der Waals surface area contributed by atoms with Gasteiger partial charge in [-0.05, 0) is 70.6 Å². The second-order valence-electron chi connectivity index (χ2n) is 12.0. The Kier molecular flexibility index (Phi) is 32.5. The van der Waals surface area contributed by atoms with Gasteiger partial charge in [-0.25, -0.2) is 4.57 Å². The van der Waals surface area contributed by atoms with E-state index in [1.165, 1.54) is 32.1 Å². The van der Waals surface area contributed by atoms with Gasteiger partial charge in [-0.2, -0.15) is 0 Å². The highest BCUT2D eigenvalue weighted by Crippen LogP contribution is 2.42. The molecule has 0 aliphatic heterocycles. The number of rotatable bonds is 33. The number of phosphoric ester groups is 1. The van der Waals surface area contributed by atoms with Crippen molar-refractivity contribution in [1.29, 1.82) is 0 Å². The molecule has 2 unspecified atom stereocenters. The molecule has 0 aliphatic rings. The SMILES string of the molecule is CCC/C=C\C/C=C\CCCCCCCC(=O)OCC(COP(=O)(O)OC)OC(=O)CCCCCCC/C=C\C/C=C\CCCCC. The van der Waals surface area contributed by atoms with E-state index >= 15 is 0 Å². The lowest BCUT2D eigenvalue weighted by molar-refractivity contribution is -0.161. The van der Waals surface area contributed by atoms with Crippen molar-refractivity contribution in [3.8, 4) is 0 Å². The summed E-state index contributed by atoms with van der Waals surface area (Å²) in [4.78, 5) is 34.3. The normalized spacial score (nSPS) is 14.0. The van der Waals surface area contributed by atoms with E-state index in [-0.39, 0.29) is 19.4 Å². The summed E-state index contributed by atoms with van der Waals surface area (Å²) in [5.74, 6) is -0.842. The maximum Gasteiger partial charge on any atom is 0.472 e. The second-order valence-corrected chi connectivity index (χ2v) is 13.6. The van der Waals surface area contributed by atoms with E-state index in [1.54, 1.807) is 0 Å². The minimum absolute atomic E-state index is 0.224. The summed E-state index contributed by atoms with van der Waals surface area (Å²) in [6.45, 7) is 3.75. The lowest BCUT2D eigenvalue weighted by atomic mass is 10.1. The van der Waals surface area contributed by atoms with Crippen molar-refractivity contribution in [3.63, 3.8) is 0 Å². The fraction of sp³-hybridized carbons (Fsp3) is 0.737. The maximum absolute atomic E-state index is 12.4. The fourth-order valence-electron chi connectivity index (χ4n) is 4.67. The zero-order chi connectivity index (χ0) is 34.7. The van der Waals surface area contributed by atoms with Gasteiger partial charge in [-0.3, -0.25) is 18.6 Å². The van der Waals surface area contributed by atoms with Crippen molar-refractivity contribution in [2.45, 2.75) is 161 Å². The predicted molar refractivity (Wildman–Crippen MR) is 193 cm³/mol. The van der Waals surface area contributed by atoms with Gasteiger partial charge in [-0.1, -0.05) is 120 Å². The van der Waals surface area contributed by atoms with Crippen LogP contribution < -0.4 is 0 Å². The Morgan fingerprint density at radius 1 is 0.596 bits per heavy atom. The van der Waals surface area contributed by atoms with Crippen molar-refractivity contribution in [2.75, 3.05) is 20.3 Å². The van der Waals surface area contributed by atoms with Crippen molar-refractivity contribution < 1.29 is 37.6 Å². The average molecular weight is 683 g/mol. The molecule has 0 aromatic carbocycles. The van der Waals surface area contributed by atoms with Gasteiger partial charge in [-0.15, -0.1) is 0 Å². The molecule has 0 amide bonds. The molecule has 0 spiro atoms. The van der Waals surface area contributed by atoms with E-state index in [4.69, 9.17) is 14.0 Å². The first-order chi connectivity index (χ1) is 22.8. The largest absolute Gasteiger partial charge is 0.472 e. The van der Waals surface area contributed by atoms with Crippen LogP contribution in [0.4, 0.5) is 0 Å². The molecular formula is C38H67O8P. The number of hydrogen-bond acceptors (Lipinski definition) is 7. The molecule has 2 atom stereocenters. The lowest BCUT2D eigenvalue weighted by Gasteiger charge is -2.19. The van der Waals surface area contributed by atoms with E-state index in [1.807, 2.05) is 0 Å². The topological polar surface area (TPSA) is 108 Å². The molecule has 0 aliphatic carbocycles. The van der Waals surface area contributed by atoms with Crippen LogP contribution in [0.1, 0.15) is 155 Å². The smallest absolute Gasteiger partial charge is 0.462 e. The Morgan fingerprint density at radius 3 is 1.57 bits per heavy atom. The highest BCUT2D eigenvalue weighted by molar-refractivity contribution is 7.47. The third-order valence-corrected chi connectivity index (χ3v) is 8.46. The third-order valence-electron chi connectivity index (χ3n) is 7.53. The monoisotopic (exact) mass is 682 g/mol. The molecule has 0 aromatic heterocycles. The number of esters is 2. The summed E-state index contributed by atoms with van der Waals surface area (Å²) in [6, 6.07) is 0. The standard InChI is InChI=1S/C38H67O8P/c1-4-6-8-10-12-14-16-18-19-21-23-25-27-29-31-33-38(40)46-36(35-45-47(41,42)43-3)34-44-37(39)32-30-28-26-24-22-20-17-15-13-11-9-7-5-2/h9,11-12,14-15,17-19,36H,4-8,10,13,16,20-35H2,1-3H3,(H,41,42)/b11-9-,14-12-,17-15-,19-18-. The molecular weight excluding hydrogens is 615 g/mol. The minimum atomic E-state index is -4.26. The summed E-state index contributed by atoms with van der Waals surface area (Å²) in [6.07, 6.45) is 38.7. The first-order valence-electron chi connectivity index (χ1n) is 18.3. The molecule has 0 saturated heterocycles. The van der Waals surface area contributed by atoms with Crippen molar-refractivity contribution >= 4 is 19.8 Å². The quantitative estimate of drug-likeness (QED) is 0.0315. The molecule has 1 N–H and O–H groups in total. The van der Waals surface area contributed by atoms with E-state index in [9.17, 15) is 19.0 Å². The van der Waals surface area contributed by atoms with E-state index in [2.05, 4.69) is 67.0 Å². The fourth-order valence-corrected chi connectivity index (χ4v) is 5.13. The zero-order valence-corrected chi connectivity index (χ0v) is 30.8. The summed E-state index contributed by atoms with van der Waals surface area (Å²) in [7, 11) is -3.21. The van der Waals surface area contributed by atoms with Gasteiger partial charge >= 0.3 is 19.8 Å². The predicted octanol–water partition coefficient (Wildman–Crippen LogP) is 11.1. The van der Waals surface area contributed by atoms with Crippen LogP contribution in [0, 0.1) is 0 Å². The summed E-state index contributed by atoms with van der Waals surface area (Å²) < 4.78 is 31.8. The van der Waals surface area contributed by atoms with Crippen molar-refractivity contribution in [2.24, 2.45) is 0 Å². The molecule has 272 valence electrons. The van der Waals surface area contributed by atoms with Crippen LogP contribution in [0.3, 0.4) is 0 Å². The Bertz CT molecular complexity index is 911. The van der Waals surface area contributed by atoms with E-state index in [0.29, 0.717) is 6.42 Å². The molecule has 0 bridgehead atoms. The van der Waals surface area contributed by atoms with E-state index < -0.39 is 32.5 Å². The van der Waals surface area contributed by atoms with Gasteiger partial charge in [0.15, 0.2) is 6.10 Å². The summed E-state index contributed by atoms with van der Waals surface area (Å²) in [5.41, 5.74) is 0. The van der Waals surface area contributed by atoms with Gasteiger partial charge in [0, 0.05) is 20.0 Å². The molecule has 0 fully saturated rings. The summed E-state index contributed by atoms with van der Waals surface area (Å²) >= 11 is 0. The van der Waals surface area contributed by atoms with Crippen LogP contribution in [0.2, 0.25) is 0 Å². The highest BCUT2D eigenvalue weighted by Gasteiger charge is 2.24. The van der Waals surface area contributed by atoms with Crippen LogP contribution >= 0.6 is 7.82 Å². The Hall–Kier alpha value is -1.99. The molecule has 0 heterocycles. The number of carbonyl (C=O) groups is 2. The maximum atomic E-state index is 12.4. The molecule has 0 radical (unpaired) electrons. The molecule has 8 nitrogen and oxygen atoms in total. The third kappa shape index (κ3) is 33.7. The van der Waals surface area contributed by atoms with Crippen LogP contribution in [-0.4, -0.2) is 43.3 Å². The first-order valence-corrected chi connectivity index (χ1v) is 19.8. The molecule has 47 heavy (non-hydrogen) atoms. The molecule has 9 heteroatoms. The number of unbranched alkanes of at least 4 members (excludes halogenated alkanes) is 14. The van der Waals surface area contributed by atoms with Crippen LogP contribution in [0.5, 0.6) is 0 Å². The first kappa shape index (κ1) is 45.0. The molecule has 0 saturated carbocycles. The zero-order valence-electron chi connectivity index (χ0n) is 29.9. The lowest BCUT2D eigenvalue weighted by Crippen LogP contribution is -2.29. The summed E-state index contributed by atoms with van der Waals surface area (Å²) in [5, 5.41) is 0. The number of carbonyl (C=O) groups excluding carboxylic acids is 2. The van der Waals surface area contributed by atoms with E-state index in [0.717, 1.165) is 97.0 Å². The van der Waals surface area contributed by atoms with Gasteiger partial charge in [0.25, 0.3) is 0 Å². The van der Waals surface area contributed by atoms with Gasteiger partial charge < -0.3 is 14.4 Å². The number of phosphoric acid groups is 1. The number of allylic oxidation sites excluding steroid dienone is 8. The van der Waals surface area contributed by atoms with Crippen LogP contribution in [0.15, 0.2) is 48.6 Å². The van der Waals surface area contributed by atoms with Gasteiger partial charge in [0.1, 0.15) is 6.61 Å².